The van der Waals surface area contributed by atoms with E-state index in [0.717, 1.165) is 48.0 Å². The van der Waals surface area contributed by atoms with Crippen LogP contribution < -0.4 is 10.2 Å². The number of rotatable bonds is 6. The van der Waals surface area contributed by atoms with Crippen LogP contribution in [0.2, 0.25) is 0 Å². The number of sulfonamides is 1. The van der Waals surface area contributed by atoms with Crippen LogP contribution in [-0.2, 0) is 26.0 Å². The van der Waals surface area contributed by atoms with Crippen molar-refractivity contribution in [3.05, 3.63) is 66.2 Å². The average molecular weight is 494 g/mol. The van der Waals surface area contributed by atoms with Crippen LogP contribution in [0.4, 0.5) is 11.4 Å². The van der Waals surface area contributed by atoms with E-state index in [4.69, 9.17) is 4.74 Å². The lowest BCUT2D eigenvalue weighted by Crippen LogP contribution is -2.40. The molecule has 3 aromatic carbocycles. The Morgan fingerprint density at radius 2 is 1.63 bits per heavy atom. The monoisotopic (exact) mass is 493 g/mol. The molecule has 5 rings (SSSR count). The molecule has 1 amide bonds. The molecular weight excluding hydrogens is 462 g/mol. The molecule has 3 aromatic rings. The van der Waals surface area contributed by atoms with E-state index in [1.165, 1.54) is 10.7 Å². The van der Waals surface area contributed by atoms with E-state index in [2.05, 4.69) is 10.2 Å². The third-order valence-corrected chi connectivity index (χ3v) is 8.67. The van der Waals surface area contributed by atoms with E-state index < -0.39 is 10.0 Å². The van der Waals surface area contributed by atoms with Gasteiger partial charge in [-0.1, -0.05) is 42.5 Å². The van der Waals surface area contributed by atoms with Gasteiger partial charge in [0.25, 0.3) is 0 Å². The molecule has 0 aromatic heterocycles. The minimum Gasteiger partial charge on any atom is -0.379 e. The summed E-state index contributed by atoms with van der Waals surface area (Å²) < 4.78 is 33.4. The number of amides is 1. The molecule has 2 heterocycles. The summed E-state index contributed by atoms with van der Waals surface area (Å²) in [6, 6.07) is 19.1. The van der Waals surface area contributed by atoms with Gasteiger partial charge in [-0.3, -0.25) is 4.79 Å². The molecule has 184 valence electrons. The highest BCUT2D eigenvalue weighted by Gasteiger charge is 2.28. The summed E-state index contributed by atoms with van der Waals surface area (Å²) in [5.41, 5.74) is 2.36. The largest absolute Gasteiger partial charge is 0.379 e. The highest BCUT2D eigenvalue weighted by molar-refractivity contribution is 7.89. The Morgan fingerprint density at radius 1 is 0.886 bits per heavy atom. The van der Waals surface area contributed by atoms with E-state index in [1.807, 2.05) is 48.5 Å². The van der Waals surface area contributed by atoms with E-state index in [0.29, 0.717) is 32.0 Å². The van der Waals surface area contributed by atoms with Gasteiger partial charge in [-0.25, -0.2) is 8.42 Å². The van der Waals surface area contributed by atoms with Crippen LogP contribution in [0, 0.1) is 0 Å². The van der Waals surface area contributed by atoms with Crippen molar-refractivity contribution >= 4 is 38.1 Å². The number of hydrogen-bond donors (Lipinski definition) is 1. The van der Waals surface area contributed by atoms with Gasteiger partial charge in [-0.2, -0.15) is 4.31 Å². The van der Waals surface area contributed by atoms with Gasteiger partial charge in [-0.15, -0.1) is 0 Å². The quantitative estimate of drug-likeness (QED) is 0.561. The van der Waals surface area contributed by atoms with Crippen molar-refractivity contribution in [1.29, 1.82) is 0 Å². The Labute approximate surface area is 206 Å². The van der Waals surface area contributed by atoms with Crippen LogP contribution in [0.5, 0.6) is 0 Å². The predicted octanol–water partition coefficient (Wildman–Crippen LogP) is 4.03. The highest BCUT2D eigenvalue weighted by atomic mass is 32.2. The molecule has 0 saturated carbocycles. The van der Waals surface area contributed by atoms with Crippen LogP contribution in [0.3, 0.4) is 0 Å². The van der Waals surface area contributed by atoms with Crippen LogP contribution in [-0.4, -0.2) is 58.0 Å². The maximum atomic E-state index is 13.3. The Hall–Kier alpha value is -2.94. The molecule has 7 nitrogen and oxygen atoms in total. The molecule has 2 saturated heterocycles. The van der Waals surface area contributed by atoms with Crippen molar-refractivity contribution in [2.45, 2.75) is 30.6 Å². The minimum absolute atomic E-state index is 0.166. The molecule has 1 N–H and O–H groups in total. The first-order valence-electron chi connectivity index (χ1n) is 12.3. The second kappa shape index (κ2) is 10.4. The third-order valence-electron chi connectivity index (χ3n) is 6.78. The molecule has 2 fully saturated rings. The van der Waals surface area contributed by atoms with Gasteiger partial charge in [0.15, 0.2) is 0 Å². The summed E-state index contributed by atoms with van der Waals surface area (Å²) in [5.74, 6) is -0.166. The van der Waals surface area contributed by atoms with Crippen molar-refractivity contribution in [2.75, 3.05) is 49.6 Å². The fraction of sp³-hybridized carbons (Fsp3) is 0.370. The number of nitrogens with one attached hydrogen (secondary N) is 1. The number of hydrogen-bond acceptors (Lipinski definition) is 5. The van der Waals surface area contributed by atoms with Crippen LogP contribution >= 0.6 is 0 Å². The van der Waals surface area contributed by atoms with Gasteiger partial charge < -0.3 is 15.0 Å². The lowest BCUT2D eigenvalue weighted by atomic mass is 10.0. The minimum atomic E-state index is -3.67. The first-order valence-corrected chi connectivity index (χ1v) is 13.7. The number of piperidine rings is 1. The normalized spacial score (nSPS) is 17.4. The molecular formula is C27H31N3O4S. The number of anilines is 2. The molecule has 2 aliphatic heterocycles. The summed E-state index contributed by atoms with van der Waals surface area (Å²) >= 11 is 0. The van der Waals surface area contributed by atoms with E-state index in [1.54, 1.807) is 12.1 Å². The number of morpholine rings is 1. The smallest absolute Gasteiger partial charge is 0.243 e. The molecule has 8 heteroatoms. The summed E-state index contributed by atoms with van der Waals surface area (Å²) in [6.07, 6.45) is 3.55. The van der Waals surface area contributed by atoms with E-state index in [-0.39, 0.29) is 17.2 Å². The maximum absolute atomic E-state index is 13.3. The van der Waals surface area contributed by atoms with E-state index >= 15 is 0 Å². The van der Waals surface area contributed by atoms with Gasteiger partial charge in [-0.05, 0) is 53.8 Å². The molecule has 0 spiro atoms. The van der Waals surface area contributed by atoms with Crippen molar-refractivity contribution in [2.24, 2.45) is 0 Å². The zero-order chi connectivity index (χ0) is 24.3. The Kier molecular flexibility index (Phi) is 7.04. The fourth-order valence-electron chi connectivity index (χ4n) is 4.94. The summed E-state index contributed by atoms with van der Waals surface area (Å²) in [6.45, 7) is 3.22. The van der Waals surface area contributed by atoms with Crippen molar-refractivity contribution in [1.82, 2.24) is 4.31 Å². The molecule has 0 bridgehead atoms. The summed E-state index contributed by atoms with van der Waals surface area (Å²) in [4.78, 5) is 15.7. The lowest BCUT2D eigenvalue weighted by molar-refractivity contribution is -0.115. The average Bonchev–Trinajstić information content (AvgIpc) is 2.90. The Morgan fingerprint density at radius 3 is 2.43 bits per heavy atom. The van der Waals surface area contributed by atoms with Gasteiger partial charge in [0.05, 0.1) is 35.9 Å². The first-order chi connectivity index (χ1) is 17.0. The Balaban J connectivity index is 1.45. The van der Waals surface area contributed by atoms with Gasteiger partial charge in [0.1, 0.15) is 0 Å². The fourth-order valence-corrected chi connectivity index (χ4v) is 6.37. The standard InChI is InChI=1S/C27H31N3O4S/c31-27(19-22-9-6-8-21-7-2-3-10-24(21)22)28-25-20-23(35(32,33)30-15-17-34-18-16-30)11-12-26(25)29-13-4-1-5-14-29/h2-3,6-12,20H,1,4-5,13-19H2,(H,28,31). The molecule has 0 radical (unpaired) electrons. The summed E-state index contributed by atoms with van der Waals surface area (Å²) in [5, 5.41) is 5.18. The van der Waals surface area contributed by atoms with Crippen molar-refractivity contribution in [3.8, 4) is 0 Å². The van der Waals surface area contributed by atoms with E-state index in [9.17, 15) is 13.2 Å². The zero-order valence-corrected chi connectivity index (χ0v) is 20.6. The molecule has 0 aliphatic carbocycles. The molecule has 2 aliphatic rings. The second-order valence-electron chi connectivity index (χ2n) is 9.11. The second-order valence-corrected chi connectivity index (χ2v) is 11.0. The van der Waals surface area contributed by atoms with Gasteiger partial charge in [0.2, 0.25) is 15.9 Å². The number of ether oxygens (including phenoxy) is 1. The molecule has 35 heavy (non-hydrogen) atoms. The Bertz CT molecular complexity index is 1310. The number of carbonyl (C=O) groups excluding carboxylic acids is 1. The maximum Gasteiger partial charge on any atom is 0.243 e. The van der Waals surface area contributed by atoms with Gasteiger partial charge >= 0.3 is 0 Å². The predicted molar refractivity (Wildman–Crippen MR) is 138 cm³/mol. The SMILES string of the molecule is O=C(Cc1cccc2ccccc12)Nc1cc(S(=O)(=O)N2CCOCC2)ccc1N1CCCCC1. The first kappa shape index (κ1) is 23.8. The molecule has 0 atom stereocenters. The number of nitrogens with zero attached hydrogens (tertiary/aromatic N) is 2. The topological polar surface area (TPSA) is 79.0 Å². The number of carbonyl (C=O) groups is 1. The van der Waals surface area contributed by atoms with Crippen molar-refractivity contribution in [3.63, 3.8) is 0 Å². The number of benzene rings is 3. The van der Waals surface area contributed by atoms with Crippen LogP contribution in [0.15, 0.2) is 65.6 Å². The lowest BCUT2D eigenvalue weighted by Gasteiger charge is -2.31. The van der Waals surface area contributed by atoms with Crippen molar-refractivity contribution < 1.29 is 17.9 Å². The molecule has 0 unspecified atom stereocenters. The highest BCUT2D eigenvalue weighted by Crippen LogP contribution is 2.32. The number of fused-ring (bicyclic) bond motifs is 1. The van der Waals surface area contributed by atoms with Crippen LogP contribution in [0.1, 0.15) is 24.8 Å². The van der Waals surface area contributed by atoms with Gasteiger partial charge in [0, 0.05) is 26.2 Å². The zero-order valence-electron chi connectivity index (χ0n) is 19.8. The van der Waals surface area contributed by atoms with Crippen LogP contribution in [0.25, 0.3) is 10.8 Å². The third kappa shape index (κ3) is 5.19. The summed E-state index contributed by atoms with van der Waals surface area (Å²) in [7, 11) is -3.67.